The van der Waals surface area contributed by atoms with Crippen molar-refractivity contribution in [3.8, 4) is 0 Å². The van der Waals surface area contributed by atoms with Crippen LogP contribution < -0.4 is 0 Å². The van der Waals surface area contributed by atoms with E-state index in [2.05, 4.69) is 130 Å². The topological polar surface area (TPSA) is 78.9 Å². The molecule has 0 aromatic heterocycles. The molecule has 0 rings (SSSR count). The van der Waals surface area contributed by atoms with Crippen molar-refractivity contribution in [2.45, 2.75) is 245 Å². The van der Waals surface area contributed by atoms with Gasteiger partial charge >= 0.3 is 17.9 Å². The second-order valence-corrected chi connectivity index (χ2v) is 17.7. The van der Waals surface area contributed by atoms with Crippen LogP contribution in [0.4, 0.5) is 0 Å². The van der Waals surface area contributed by atoms with Gasteiger partial charge in [-0.2, -0.15) is 0 Å². The first-order chi connectivity index (χ1) is 33.0. The first-order valence-electron chi connectivity index (χ1n) is 27.4. The number of allylic oxidation sites excluding steroid dienone is 18. The normalized spacial score (nSPS) is 12.9. The molecule has 0 aromatic rings. The predicted octanol–water partition coefficient (Wildman–Crippen LogP) is 18.3. The molecule has 0 fully saturated rings. The number of esters is 3. The Morgan fingerprint density at radius 3 is 0.970 bits per heavy atom. The molecule has 0 N–H and O–H groups in total. The van der Waals surface area contributed by atoms with Crippen LogP contribution in [0.1, 0.15) is 239 Å². The molecule has 380 valence electrons. The molecule has 0 bridgehead atoms. The number of hydrogen-bond donors (Lipinski definition) is 0. The zero-order valence-electron chi connectivity index (χ0n) is 43.4. The second kappa shape index (κ2) is 54.7. The number of rotatable bonds is 48. The molecule has 0 saturated carbocycles. The van der Waals surface area contributed by atoms with E-state index in [0.29, 0.717) is 19.3 Å². The number of unbranched alkanes of at least 4 members (excludes halogenated alkanes) is 19. The van der Waals surface area contributed by atoms with Crippen molar-refractivity contribution in [1.82, 2.24) is 0 Å². The van der Waals surface area contributed by atoms with E-state index >= 15 is 0 Å². The molecule has 0 spiro atoms. The first kappa shape index (κ1) is 63.1. The standard InChI is InChI=1S/C61H100O6/c1-4-7-10-13-16-19-22-25-28-31-34-36-39-42-45-48-51-54-60(63)66-57-58(67-61(64)55-52-49-46-43-40-37-33-30-27-24-21-18-15-12-9-6-3)56-65-59(62)53-50-47-44-41-38-35-32-29-26-23-20-17-14-11-8-5-2/h7,10,16,19-21,23-25,28-30,32-34,36,42,45,58H,4-6,8-9,11-15,17-18,22,26-27,31,35,37-41,43-44,46-57H2,1-3H3/b10-7-,19-16-,23-20-,24-21-,28-25-,32-29-,33-30-,36-34-,45-42-. The van der Waals surface area contributed by atoms with Gasteiger partial charge in [-0.1, -0.05) is 207 Å². The summed E-state index contributed by atoms with van der Waals surface area (Å²) in [6, 6.07) is 0. The summed E-state index contributed by atoms with van der Waals surface area (Å²) in [7, 11) is 0. The highest BCUT2D eigenvalue weighted by atomic mass is 16.6. The molecular weight excluding hydrogens is 829 g/mol. The highest BCUT2D eigenvalue weighted by Gasteiger charge is 2.19. The minimum Gasteiger partial charge on any atom is -0.462 e. The van der Waals surface area contributed by atoms with Crippen LogP contribution in [0.15, 0.2) is 109 Å². The van der Waals surface area contributed by atoms with Crippen molar-refractivity contribution < 1.29 is 28.6 Å². The predicted molar refractivity (Wildman–Crippen MR) is 288 cm³/mol. The summed E-state index contributed by atoms with van der Waals surface area (Å²) in [5, 5.41) is 0. The summed E-state index contributed by atoms with van der Waals surface area (Å²) in [5.74, 6) is -1.000. The summed E-state index contributed by atoms with van der Waals surface area (Å²) in [6.45, 7) is 6.41. The van der Waals surface area contributed by atoms with E-state index in [1.807, 2.05) is 0 Å². The molecule has 0 aromatic carbocycles. The maximum absolute atomic E-state index is 12.8. The van der Waals surface area contributed by atoms with E-state index in [-0.39, 0.29) is 37.5 Å². The molecule has 1 unspecified atom stereocenters. The summed E-state index contributed by atoms with van der Waals surface area (Å²) in [4.78, 5) is 38.1. The van der Waals surface area contributed by atoms with Gasteiger partial charge in [0.15, 0.2) is 6.10 Å². The van der Waals surface area contributed by atoms with Crippen LogP contribution in [0.2, 0.25) is 0 Å². The molecule has 67 heavy (non-hydrogen) atoms. The van der Waals surface area contributed by atoms with Crippen molar-refractivity contribution in [2.24, 2.45) is 0 Å². The molecule has 0 aliphatic heterocycles. The Hall–Kier alpha value is -3.93. The van der Waals surface area contributed by atoms with Crippen molar-refractivity contribution in [3.05, 3.63) is 109 Å². The highest BCUT2D eigenvalue weighted by Crippen LogP contribution is 2.13. The van der Waals surface area contributed by atoms with Gasteiger partial charge in [-0.25, -0.2) is 0 Å². The van der Waals surface area contributed by atoms with E-state index in [1.165, 1.54) is 64.2 Å². The number of carbonyl (C=O) groups excluding carboxylic acids is 3. The Labute approximate surface area is 412 Å². The van der Waals surface area contributed by atoms with Gasteiger partial charge in [-0.15, -0.1) is 0 Å². The SMILES string of the molecule is CC/C=C\C/C=C\C/C=C\C/C=C\C/C=C\CCCC(=O)OCC(COC(=O)CCCCCCC/C=C\C/C=C\CCCCCC)OC(=O)CCCCCCC/C=C\C/C=C\CCCCCC. The zero-order chi connectivity index (χ0) is 48.6. The summed E-state index contributed by atoms with van der Waals surface area (Å²) < 4.78 is 16.8. The Kier molecular flexibility index (Phi) is 51.5. The molecular formula is C61H100O6. The first-order valence-corrected chi connectivity index (χ1v) is 27.4. The van der Waals surface area contributed by atoms with Crippen LogP contribution in [0.3, 0.4) is 0 Å². The maximum atomic E-state index is 12.8. The van der Waals surface area contributed by atoms with Crippen LogP contribution in [0, 0.1) is 0 Å². The fraction of sp³-hybridized carbons (Fsp3) is 0.656. The van der Waals surface area contributed by atoms with E-state index < -0.39 is 6.10 Å². The average molecular weight is 929 g/mol. The van der Waals surface area contributed by atoms with Gasteiger partial charge in [0.2, 0.25) is 0 Å². The number of ether oxygens (including phenoxy) is 3. The largest absolute Gasteiger partial charge is 0.462 e. The van der Waals surface area contributed by atoms with E-state index in [9.17, 15) is 14.4 Å². The Balaban J connectivity index is 4.54. The zero-order valence-corrected chi connectivity index (χ0v) is 43.4. The lowest BCUT2D eigenvalue weighted by Gasteiger charge is -2.18. The van der Waals surface area contributed by atoms with Crippen molar-refractivity contribution in [2.75, 3.05) is 13.2 Å². The molecule has 0 saturated heterocycles. The van der Waals surface area contributed by atoms with Gasteiger partial charge in [0.05, 0.1) is 0 Å². The third kappa shape index (κ3) is 52.9. The lowest BCUT2D eigenvalue weighted by Crippen LogP contribution is -2.30. The number of carbonyl (C=O) groups is 3. The van der Waals surface area contributed by atoms with Crippen LogP contribution >= 0.6 is 0 Å². The highest BCUT2D eigenvalue weighted by molar-refractivity contribution is 5.71. The molecule has 1 atom stereocenters. The third-order valence-corrected chi connectivity index (χ3v) is 11.2. The van der Waals surface area contributed by atoms with Crippen molar-refractivity contribution in [3.63, 3.8) is 0 Å². The van der Waals surface area contributed by atoms with Crippen LogP contribution in [-0.4, -0.2) is 37.2 Å². The van der Waals surface area contributed by atoms with Gasteiger partial charge in [-0.3, -0.25) is 14.4 Å². The molecule has 0 aliphatic rings. The van der Waals surface area contributed by atoms with E-state index in [0.717, 1.165) is 128 Å². The molecule has 0 radical (unpaired) electrons. The van der Waals surface area contributed by atoms with Crippen LogP contribution in [-0.2, 0) is 28.6 Å². The van der Waals surface area contributed by atoms with Crippen LogP contribution in [0.5, 0.6) is 0 Å². The molecule has 6 nitrogen and oxygen atoms in total. The Morgan fingerprint density at radius 1 is 0.313 bits per heavy atom. The van der Waals surface area contributed by atoms with Gasteiger partial charge in [0, 0.05) is 19.3 Å². The lowest BCUT2D eigenvalue weighted by atomic mass is 10.1. The van der Waals surface area contributed by atoms with Gasteiger partial charge < -0.3 is 14.2 Å². The van der Waals surface area contributed by atoms with Gasteiger partial charge in [0.25, 0.3) is 0 Å². The van der Waals surface area contributed by atoms with Gasteiger partial charge in [-0.05, 0) is 122 Å². The van der Waals surface area contributed by atoms with Crippen molar-refractivity contribution >= 4 is 17.9 Å². The molecule has 0 aliphatic carbocycles. The third-order valence-electron chi connectivity index (χ3n) is 11.2. The van der Waals surface area contributed by atoms with Crippen LogP contribution in [0.25, 0.3) is 0 Å². The minimum absolute atomic E-state index is 0.111. The molecule has 0 amide bonds. The Bertz CT molecular complexity index is 1390. The average Bonchev–Trinajstić information content (AvgIpc) is 3.33. The van der Waals surface area contributed by atoms with E-state index in [4.69, 9.17) is 14.2 Å². The Morgan fingerprint density at radius 2 is 0.597 bits per heavy atom. The summed E-state index contributed by atoms with van der Waals surface area (Å²) in [5.41, 5.74) is 0. The van der Waals surface area contributed by atoms with E-state index in [1.54, 1.807) is 0 Å². The fourth-order valence-electron chi connectivity index (χ4n) is 7.13. The summed E-state index contributed by atoms with van der Waals surface area (Å²) >= 11 is 0. The second-order valence-electron chi connectivity index (χ2n) is 17.7. The smallest absolute Gasteiger partial charge is 0.306 e. The molecule has 6 heteroatoms. The summed E-state index contributed by atoms with van der Waals surface area (Å²) in [6.07, 6.45) is 73.6. The monoisotopic (exact) mass is 929 g/mol. The van der Waals surface area contributed by atoms with Gasteiger partial charge in [0.1, 0.15) is 13.2 Å². The quantitative estimate of drug-likeness (QED) is 0.0262. The lowest BCUT2D eigenvalue weighted by molar-refractivity contribution is -0.167. The maximum Gasteiger partial charge on any atom is 0.306 e. The molecule has 0 heterocycles. The fourth-order valence-corrected chi connectivity index (χ4v) is 7.13. The number of hydrogen-bond acceptors (Lipinski definition) is 6. The van der Waals surface area contributed by atoms with Crippen molar-refractivity contribution in [1.29, 1.82) is 0 Å². The minimum atomic E-state index is -0.816.